The molecular weight excluding hydrogens is 797 g/mol. The smallest absolute Gasteiger partial charge is 0.164 e. The SMILES string of the molecule is CC(C)c1nc(-c2[c-]ccc3ccccc23)c2ccc3cccc([Si](C)(C)C)c3c2n1.CCC(C)(CC)C(=O)/C=C(\O)C(C)(CC)CC.[Ir]. The van der Waals surface area contributed by atoms with Crippen LogP contribution in [0.25, 0.3) is 43.7 Å². The van der Waals surface area contributed by atoms with Crippen LogP contribution in [0.15, 0.2) is 78.6 Å². The van der Waals surface area contributed by atoms with E-state index in [1.165, 1.54) is 32.8 Å². The first kappa shape index (κ1) is 40.2. The molecule has 1 aromatic heterocycles. The maximum atomic E-state index is 12.2. The minimum atomic E-state index is -1.57. The van der Waals surface area contributed by atoms with Gasteiger partial charge in [0.05, 0.1) is 13.6 Å². The van der Waals surface area contributed by atoms with Crippen molar-refractivity contribution >= 4 is 51.5 Å². The van der Waals surface area contributed by atoms with Gasteiger partial charge in [-0.25, -0.2) is 4.98 Å². The Morgan fingerprint density at radius 3 is 2.02 bits per heavy atom. The van der Waals surface area contributed by atoms with E-state index >= 15 is 0 Å². The van der Waals surface area contributed by atoms with E-state index in [9.17, 15) is 9.90 Å². The van der Waals surface area contributed by atoms with E-state index in [0.29, 0.717) is 0 Å². The monoisotopic (exact) mass is 852 g/mol. The van der Waals surface area contributed by atoms with Crippen LogP contribution < -0.4 is 5.19 Å². The van der Waals surface area contributed by atoms with Crippen molar-refractivity contribution in [2.24, 2.45) is 10.8 Å². The molecule has 5 aromatic rings. The molecule has 6 heteroatoms. The van der Waals surface area contributed by atoms with E-state index in [2.05, 4.69) is 100 Å². The Kier molecular flexibility index (Phi) is 13.3. The number of nitrogens with zero attached hydrogens (tertiary/aromatic N) is 2. The van der Waals surface area contributed by atoms with E-state index in [1.54, 1.807) is 0 Å². The van der Waals surface area contributed by atoms with Crippen LogP contribution in [0.4, 0.5) is 0 Å². The Hall–Kier alpha value is -3.18. The van der Waals surface area contributed by atoms with Crippen molar-refractivity contribution < 1.29 is 30.0 Å². The number of ketones is 1. The van der Waals surface area contributed by atoms with E-state index in [-0.39, 0.29) is 48.4 Å². The molecule has 0 aliphatic rings. The fraction of sp³-hybridized carbons (Fsp3) is 0.419. The minimum absolute atomic E-state index is 0. The van der Waals surface area contributed by atoms with Crippen LogP contribution in [0, 0.1) is 16.9 Å². The van der Waals surface area contributed by atoms with Gasteiger partial charge in [0, 0.05) is 48.3 Å². The van der Waals surface area contributed by atoms with Crippen molar-refractivity contribution in [3.63, 3.8) is 0 Å². The number of hydrogen-bond donors (Lipinski definition) is 1. The van der Waals surface area contributed by atoms with Gasteiger partial charge >= 0.3 is 0 Å². The Labute approximate surface area is 309 Å². The summed E-state index contributed by atoms with van der Waals surface area (Å²) in [5.74, 6) is 1.42. The molecule has 0 unspecified atom stereocenters. The number of aromatic nitrogens is 2. The fourth-order valence-corrected chi connectivity index (χ4v) is 7.71. The van der Waals surface area contributed by atoms with Crippen LogP contribution in [0.2, 0.25) is 19.6 Å². The molecule has 0 spiro atoms. The number of aliphatic hydroxyl groups excluding tert-OH is 1. The summed E-state index contributed by atoms with van der Waals surface area (Å²) < 4.78 is 0. The normalized spacial score (nSPS) is 12.6. The van der Waals surface area contributed by atoms with E-state index < -0.39 is 8.07 Å². The summed E-state index contributed by atoms with van der Waals surface area (Å²) in [5.41, 5.74) is 2.51. The zero-order valence-corrected chi connectivity index (χ0v) is 34.8. The molecular formula is C43H55IrN2O2Si-. The number of aliphatic hydroxyl groups is 1. The fourth-order valence-electron chi connectivity index (χ4n) is 6.10. The molecule has 49 heavy (non-hydrogen) atoms. The molecule has 0 fully saturated rings. The predicted octanol–water partition coefficient (Wildman–Crippen LogP) is 11.7. The molecule has 0 atom stereocenters. The van der Waals surface area contributed by atoms with Crippen LogP contribution in [-0.4, -0.2) is 28.9 Å². The Morgan fingerprint density at radius 2 is 1.43 bits per heavy atom. The molecule has 4 nitrogen and oxygen atoms in total. The second kappa shape index (κ2) is 16.2. The molecule has 1 heterocycles. The number of hydrogen-bond acceptors (Lipinski definition) is 4. The molecule has 4 aromatic carbocycles. The molecule has 0 bridgehead atoms. The standard InChI is InChI=1S/C28H27N2Si.C15H28O2.Ir/c1-18(2)28-29-26(22-14-8-11-19-10-6-7-13-21(19)22)23-17-16-20-12-9-15-24(31(3,4)5)25(20)27(23)30-28;1-7-14(5,8-2)12(16)11-13(17)15(6,9-3)10-4;/h6-13,15-18H,1-5H3;11,16H,7-10H2,1-6H3;/q-1;;/b;12-11-;. The summed E-state index contributed by atoms with van der Waals surface area (Å²) in [6.07, 6.45) is 4.75. The average molecular weight is 852 g/mol. The van der Waals surface area contributed by atoms with Crippen molar-refractivity contribution in [1.82, 2.24) is 9.97 Å². The van der Waals surface area contributed by atoms with Gasteiger partial charge in [0.1, 0.15) is 11.6 Å². The number of carbonyl (C=O) groups is 1. The molecule has 0 aliphatic carbocycles. The predicted molar refractivity (Wildman–Crippen MR) is 209 cm³/mol. The Morgan fingerprint density at radius 1 is 0.816 bits per heavy atom. The van der Waals surface area contributed by atoms with Gasteiger partial charge in [0.25, 0.3) is 0 Å². The molecule has 1 N–H and O–H groups in total. The molecule has 0 saturated carbocycles. The molecule has 5 rings (SSSR count). The summed E-state index contributed by atoms with van der Waals surface area (Å²) in [7, 11) is -1.57. The summed E-state index contributed by atoms with van der Waals surface area (Å²) in [6, 6.07) is 27.2. The van der Waals surface area contributed by atoms with Crippen LogP contribution in [0.5, 0.6) is 0 Å². The largest absolute Gasteiger partial charge is 0.512 e. The number of rotatable bonds is 10. The van der Waals surface area contributed by atoms with Gasteiger partial charge in [-0.05, 0) is 42.1 Å². The maximum Gasteiger partial charge on any atom is 0.164 e. The Balaban J connectivity index is 0.000000312. The molecule has 0 aliphatic heterocycles. The van der Waals surface area contributed by atoms with E-state index in [0.717, 1.165) is 53.7 Å². The third-order valence-electron chi connectivity index (χ3n) is 10.6. The van der Waals surface area contributed by atoms with Crippen LogP contribution >= 0.6 is 0 Å². The summed E-state index contributed by atoms with van der Waals surface area (Å²) in [4.78, 5) is 22.4. The van der Waals surface area contributed by atoms with Gasteiger partial charge in [0.2, 0.25) is 0 Å². The van der Waals surface area contributed by atoms with Gasteiger partial charge in [-0.15, -0.1) is 29.1 Å². The molecule has 1 radical (unpaired) electrons. The van der Waals surface area contributed by atoms with Crippen LogP contribution in [0.1, 0.15) is 92.8 Å². The number of carbonyl (C=O) groups excluding carboxylic acids is 1. The zero-order chi connectivity index (χ0) is 35.4. The topological polar surface area (TPSA) is 63.1 Å². The molecule has 263 valence electrons. The number of allylic oxidation sites excluding steroid dienone is 2. The first-order valence-corrected chi connectivity index (χ1v) is 21.2. The first-order chi connectivity index (χ1) is 22.6. The van der Waals surface area contributed by atoms with Gasteiger partial charge in [0.15, 0.2) is 5.78 Å². The third-order valence-corrected chi connectivity index (χ3v) is 12.6. The minimum Gasteiger partial charge on any atom is -0.512 e. The van der Waals surface area contributed by atoms with Crippen LogP contribution in [0.3, 0.4) is 0 Å². The second-order valence-corrected chi connectivity index (χ2v) is 20.1. The average Bonchev–Trinajstić information content (AvgIpc) is 3.09. The van der Waals surface area contributed by atoms with Crippen molar-refractivity contribution in [2.75, 3.05) is 0 Å². The van der Waals surface area contributed by atoms with Crippen LogP contribution in [-0.2, 0) is 24.9 Å². The zero-order valence-electron chi connectivity index (χ0n) is 31.4. The number of benzene rings is 4. The first-order valence-electron chi connectivity index (χ1n) is 17.7. The Bertz CT molecular complexity index is 1940. The van der Waals surface area contributed by atoms with Gasteiger partial charge < -0.3 is 5.11 Å². The van der Waals surface area contributed by atoms with Crippen molar-refractivity contribution in [3.05, 3.63) is 90.5 Å². The van der Waals surface area contributed by atoms with Gasteiger partial charge in [-0.1, -0.05) is 140 Å². The quantitative estimate of drug-likeness (QED) is 0.0500. The molecule has 0 saturated heterocycles. The summed E-state index contributed by atoms with van der Waals surface area (Å²) in [5, 5.41) is 17.6. The van der Waals surface area contributed by atoms with Crippen molar-refractivity contribution in [2.45, 2.75) is 107 Å². The number of fused-ring (bicyclic) bond motifs is 4. The summed E-state index contributed by atoms with van der Waals surface area (Å²) >= 11 is 0. The van der Waals surface area contributed by atoms with Gasteiger partial charge in [-0.2, -0.15) is 0 Å². The maximum absolute atomic E-state index is 12.2. The van der Waals surface area contributed by atoms with Crippen molar-refractivity contribution in [1.29, 1.82) is 0 Å². The summed E-state index contributed by atoms with van der Waals surface area (Å²) in [6.45, 7) is 23.6. The van der Waals surface area contributed by atoms with Gasteiger partial charge in [-0.3, -0.25) is 9.78 Å². The van der Waals surface area contributed by atoms with E-state index in [1.807, 2.05) is 47.6 Å². The second-order valence-electron chi connectivity index (χ2n) is 15.1. The van der Waals surface area contributed by atoms with Crippen molar-refractivity contribution in [3.8, 4) is 11.3 Å². The van der Waals surface area contributed by atoms with E-state index in [4.69, 9.17) is 9.97 Å². The molecule has 0 amide bonds. The third kappa shape index (κ3) is 8.41.